The molecular weight excluding hydrogens is 325 g/mol. The second kappa shape index (κ2) is 6.21. The summed E-state index contributed by atoms with van der Waals surface area (Å²) in [6.45, 7) is 0. The normalized spacial score (nSPS) is 21.6. The highest BCUT2D eigenvalue weighted by Crippen LogP contribution is 2.38. The minimum absolute atomic E-state index is 0.0737. The zero-order chi connectivity index (χ0) is 17.3. The highest BCUT2D eigenvalue weighted by Gasteiger charge is 2.41. The van der Waals surface area contributed by atoms with Gasteiger partial charge in [0, 0.05) is 17.5 Å². The Hall–Kier alpha value is -2.45. The van der Waals surface area contributed by atoms with Crippen LogP contribution < -0.4 is 5.32 Å². The van der Waals surface area contributed by atoms with E-state index < -0.39 is 17.0 Å². The molecule has 0 atom stereocenters. The number of benzene rings is 1. The molecule has 6 nitrogen and oxygen atoms in total. The summed E-state index contributed by atoms with van der Waals surface area (Å²) in [7, 11) is 0. The molecule has 1 aliphatic carbocycles. The van der Waals surface area contributed by atoms with Crippen LogP contribution in [0.25, 0.3) is 10.9 Å². The Labute approximate surface area is 135 Å². The third kappa shape index (κ3) is 3.24. The highest BCUT2D eigenvalue weighted by molar-refractivity contribution is 5.94. The molecule has 3 rings (SSSR count). The molecule has 0 spiro atoms. The number of para-hydroxylation sites is 1. The van der Waals surface area contributed by atoms with E-state index in [9.17, 15) is 23.3 Å². The molecule has 24 heavy (non-hydrogen) atoms. The van der Waals surface area contributed by atoms with Crippen molar-refractivity contribution in [2.75, 3.05) is 5.32 Å². The van der Waals surface area contributed by atoms with Crippen molar-refractivity contribution < 1.29 is 18.1 Å². The van der Waals surface area contributed by atoms with Crippen LogP contribution in [0.2, 0.25) is 0 Å². The summed E-state index contributed by atoms with van der Waals surface area (Å²) in [6.07, 6.45) is -2.02. The highest BCUT2D eigenvalue weighted by atomic mass is 19.4. The van der Waals surface area contributed by atoms with Crippen LogP contribution in [0.4, 0.5) is 24.7 Å². The summed E-state index contributed by atoms with van der Waals surface area (Å²) in [5.74, 6) is -0.835. The Morgan fingerprint density at radius 3 is 2.50 bits per heavy atom. The van der Waals surface area contributed by atoms with Gasteiger partial charge < -0.3 is 5.32 Å². The first-order valence-electron chi connectivity index (χ1n) is 7.57. The summed E-state index contributed by atoms with van der Waals surface area (Å²) in [5.41, 5.74) is 0.0858. The van der Waals surface area contributed by atoms with Gasteiger partial charge in [-0.05, 0) is 31.7 Å². The molecule has 1 fully saturated rings. The zero-order valence-corrected chi connectivity index (χ0v) is 12.6. The minimum atomic E-state index is -4.15. The van der Waals surface area contributed by atoms with Gasteiger partial charge in [0.25, 0.3) is 5.69 Å². The Kier molecular flexibility index (Phi) is 4.25. The molecule has 1 aromatic heterocycles. The van der Waals surface area contributed by atoms with E-state index in [1.807, 2.05) is 0 Å². The third-order valence-corrected chi connectivity index (χ3v) is 4.37. The maximum Gasteiger partial charge on any atom is 0.391 e. The molecular formula is C15H15F3N4O2. The van der Waals surface area contributed by atoms with E-state index in [4.69, 9.17) is 0 Å². The molecule has 1 N–H and O–H groups in total. The summed E-state index contributed by atoms with van der Waals surface area (Å²) in [6, 6.07) is 4.41. The van der Waals surface area contributed by atoms with Crippen LogP contribution in [0.5, 0.6) is 0 Å². The van der Waals surface area contributed by atoms with Gasteiger partial charge in [0.15, 0.2) is 5.52 Å². The van der Waals surface area contributed by atoms with Gasteiger partial charge in [0.2, 0.25) is 0 Å². The third-order valence-electron chi connectivity index (χ3n) is 4.37. The van der Waals surface area contributed by atoms with Crippen molar-refractivity contribution in [3.63, 3.8) is 0 Å². The maximum absolute atomic E-state index is 12.7. The molecule has 1 heterocycles. The fraction of sp³-hybridized carbons (Fsp3) is 0.467. The first-order chi connectivity index (χ1) is 11.4. The van der Waals surface area contributed by atoms with E-state index in [1.165, 1.54) is 18.5 Å². The number of nitro benzene ring substituents is 1. The number of halogens is 3. The number of hydrogen-bond donors (Lipinski definition) is 1. The molecule has 1 saturated carbocycles. The average Bonchev–Trinajstić information content (AvgIpc) is 2.54. The van der Waals surface area contributed by atoms with Gasteiger partial charge in [-0.15, -0.1) is 0 Å². The molecule has 0 unspecified atom stereocenters. The average molecular weight is 340 g/mol. The van der Waals surface area contributed by atoms with E-state index in [1.54, 1.807) is 6.07 Å². The zero-order valence-electron chi connectivity index (χ0n) is 12.6. The Morgan fingerprint density at radius 2 is 1.88 bits per heavy atom. The quantitative estimate of drug-likeness (QED) is 0.673. The molecule has 9 heteroatoms. The molecule has 0 radical (unpaired) electrons. The lowest BCUT2D eigenvalue weighted by molar-refractivity contribution is -0.383. The second-order valence-electron chi connectivity index (χ2n) is 5.89. The molecule has 0 amide bonds. The van der Waals surface area contributed by atoms with E-state index >= 15 is 0 Å². The number of fused-ring (bicyclic) bond motifs is 1. The van der Waals surface area contributed by atoms with Crippen LogP contribution in [0.15, 0.2) is 24.5 Å². The van der Waals surface area contributed by atoms with Crippen molar-refractivity contribution in [3.05, 3.63) is 34.6 Å². The van der Waals surface area contributed by atoms with Crippen LogP contribution in [0, 0.1) is 16.0 Å². The number of nitrogens with one attached hydrogen (secondary N) is 1. The maximum atomic E-state index is 12.7. The second-order valence-corrected chi connectivity index (χ2v) is 5.89. The van der Waals surface area contributed by atoms with E-state index in [-0.39, 0.29) is 30.1 Å². The molecule has 2 aromatic rings. The van der Waals surface area contributed by atoms with Crippen molar-refractivity contribution in [2.45, 2.75) is 37.9 Å². The lowest BCUT2D eigenvalue weighted by Gasteiger charge is -2.30. The molecule has 0 aliphatic heterocycles. The number of hydrogen-bond acceptors (Lipinski definition) is 5. The lowest BCUT2D eigenvalue weighted by atomic mass is 9.85. The lowest BCUT2D eigenvalue weighted by Crippen LogP contribution is -2.33. The van der Waals surface area contributed by atoms with Gasteiger partial charge in [-0.2, -0.15) is 13.2 Å². The van der Waals surface area contributed by atoms with Crippen LogP contribution >= 0.6 is 0 Å². The van der Waals surface area contributed by atoms with Crippen LogP contribution in [0.1, 0.15) is 25.7 Å². The van der Waals surface area contributed by atoms with Crippen molar-refractivity contribution >= 4 is 22.4 Å². The predicted octanol–water partition coefficient (Wildman–Crippen LogP) is 4.07. The number of rotatable bonds is 3. The number of nitrogens with zero attached hydrogens (tertiary/aromatic N) is 3. The standard InChI is InChI=1S/C15H15F3N4O2/c16-15(17,18)9-4-6-10(7-5-9)21-14-11-2-1-3-12(22(23)24)13(11)19-8-20-14/h1-3,8-10H,4-7H2,(H,19,20,21). The van der Waals surface area contributed by atoms with Crippen molar-refractivity contribution in [1.82, 2.24) is 9.97 Å². The molecule has 1 aliphatic rings. The smallest absolute Gasteiger partial charge is 0.367 e. The van der Waals surface area contributed by atoms with Gasteiger partial charge in [-0.25, -0.2) is 9.97 Å². The fourth-order valence-corrected chi connectivity index (χ4v) is 3.09. The molecule has 1 aromatic carbocycles. The number of aromatic nitrogens is 2. The van der Waals surface area contributed by atoms with E-state index in [0.29, 0.717) is 24.0 Å². The van der Waals surface area contributed by atoms with Crippen molar-refractivity contribution in [2.24, 2.45) is 5.92 Å². The largest absolute Gasteiger partial charge is 0.391 e. The minimum Gasteiger partial charge on any atom is -0.367 e. The first-order valence-corrected chi connectivity index (χ1v) is 7.57. The Bertz CT molecular complexity index is 758. The number of non-ortho nitro benzene ring substituents is 1. The fourth-order valence-electron chi connectivity index (χ4n) is 3.09. The van der Waals surface area contributed by atoms with Gasteiger partial charge in [-0.1, -0.05) is 6.07 Å². The summed E-state index contributed by atoms with van der Waals surface area (Å²) in [4.78, 5) is 18.6. The van der Waals surface area contributed by atoms with Crippen LogP contribution in [-0.4, -0.2) is 27.1 Å². The van der Waals surface area contributed by atoms with Gasteiger partial charge in [-0.3, -0.25) is 10.1 Å². The summed E-state index contributed by atoms with van der Waals surface area (Å²) < 4.78 is 38.2. The predicted molar refractivity (Wildman–Crippen MR) is 81.6 cm³/mol. The summed E-state index contributed by atoms with van der Waals surface area (Å²) >= 11 is 0. The topological polar surface area (TPSA) is 81.0 Å². The van der Waals surface area contributed by atoms with E-state index in [2.05, 4.69) is 15.3 Å². The van der Waals surface area contributed by atoms with Crippen molar-refractivity contribution in [3.8, 4) is 0 Å². The summed E-state index contributed by atoms with van der Waals surface area (Å²) in [5, 5.41) is 14.7. The molecule has 128 valence electrons. The van der Waals surface area contributed by atoms with Crippen molar-refractivity contribution in [1.29, 1.82) is 0 Å². The monoisotopic (exact) mass is 340 g/mol. The van der Waals surface area contributed by atoms with Gasteiger partial charge >= 0.3 is 6.18 Å². The van der Waals surface area contributed by atoms with E-state index in [0.717, 1.165) is 0 Å². The Balaban J connectivity index is 1.80. The Morgan fingerprint density at radius 1 is 1.17 bits per heavy atom. The first kappa shape index (κ1) is 16.4. The van der Waals surface area contributed by atoms with Crippen LogP contribution in [-0.2, 0) is 0 Å². The van der Waals surface area contributed by atoms with Gasteiger partial charge in [0.05, 0.1) is 10.8 Å². The number of nitro groups is 1. The number of alkyl halides is 3. The molecule has 0 bridgehead atoms. The molecule has 0 saturated heterocycles. The number of anilines is 1. The SMILES string of the molecule is O=[N+]([O-])c1cccc2c(NC3CCC(C(F)(F)F)CC3)ncnc12. The van der Waals surface area contributed by atoms with Crippen LogP contribution in [0.3, 0.4) is 0 Å². The van der Waals surface area contributed by atoms with Gasteiger partial charge in [0.1, 0.15) is 12.1 Å².